The quantitative estimate of drug-likeness (QED) is 0.725. The number of aliphatic carboxylic acids is 1. The Morgan fingerprint density at radius 3 is 2.65 bits per heavy atom. The molecule has 0 saturated carbocycles. The Labute approximate surface area is 164 Å². The topological polar surface area (TPSA) is 52.9 Å². The molecular weight excluding hydrogens is 419 g/mol. The molecule has 134 valence electrons. The Morgan fingerprint density at radius 2 is 2.00 bits per heavy atom. The average Bonchev–Trinajstić information content (AvgIpc) is 2.70. The lowest BCUT2D eigenvalue weighted by Crippen LogP contribution is -2.45. The molecule has 0 saturated heterocycles. The highest BCUT2D eigenvalue weighted by atomic mass is 79.9. The third kappa shape index (κ3) is 3.29. The number of anilines is 1. The summed E-state index contributed by atoms with van der Waals surface area (Å²) < 4.78 is 15.3. The van der Waals surface area contributed by atoms with Gasteiger partial charge in [-0.25, -0.2) is 9.18 Å². The highest BCUT2D eigenvalue weighted by molar-refractivity contribution is 9.10. The Bertz CT molecular complexity index is 932. The largest absolute Gasteiger partial charge is 0.480 e. The minimum absolute atomic E-state index is 0.353. The van der Waals surface area contributed by atoms with Gasteiger partial charge in [-0.15, -0.1) is 0 Å². The Morgan fingerprint density at radius 1 is 1.31 bits per heavy atom. The van der Waals surface area contributed by atoms with E-state index in [0.29, 0.717) is 27.5 Å². The van der Waals surface area contributed by atoms with Crippen molar-refractivity contribution < 1.29 is 14.3 Å². The second-order valence-corrected chi connectivity index (χ2v) is 7.35. The Kier molecular flexibility index (Phi) is 5.20. The van der Waals surface area contributed by atoms with Crippen molar-refractivity contribution in [3.63, 3.8) is 0 Å². The first-order valence-electron chi connectivity index (χ1n) is 7.99. The average molecular weight is 435 g/mol. The van der Waals surface area contributed by atoms with Gasteiger partial charge >= 0.3 is 5.97 Å². The molecule has 2 unspecified atom stereocenters. The Balaban J connectivity index is 2.30. The standard InChI is InChI=1S/C19H16BrFN2O2S/c1-10-18(26)23(11(2)19(24)25)16-8-7-12(20)9-14(16)17(22-10)13-5-3-4-6-15(13)21/h3-11H,1-2H3,(H,24,25). The van der Waals surface area contributed by atoms with Gasteiger partial charge in [-0.3, -0.25) is 4.99 Å². The molecule has 0 bridgehead atoms. The van der Waals surface area contributed by atoms with Gasteiger partial charge in [-0.2, -0.15) is 0 Å². The van der Waals surface area contributed by atoms with E-state index in [0.717, 1.165) is 4.47 Å². The molecule has 4 nitrogen and oxygen atoms in total. The number of nitrogens with zero attached hydrogens (tertiary/aromatic N) is 2. The van der Waals surface area contributed by atoms with Crippen LogP contribution in [0.5, 0.6) is 0 Å². The molecule has 1 aliphatic rings. The number of halogens is 2. The number of hydrogen-bond acceptors (Lipinski definition) is 3. The van der Waals surface area contributed by atoms with E-state index in [9.17, 15) is 14.3 Å². The zero-order valence-corrected chi connectivity index (χ0v) is 16.5. The van der Waals surface area contributed by atoms with Crippen LogP contribution in [0.15, 0.2) is 51.9 Å². The first-order valence-corrected chi connectivity index (χ1v) is 9.20. The summed E-state index contributed by atoms with van der Waals surface area (Å²) in [6.45, 7) is 3.35. The van der Waals surface area contributed by atoms with E-state index in [1.54, 1.807) is 49.1 Å². The molecule has 26 heavy (non-hydrogen) atoms. The molecule has 0 radical (unpaired) electrons. The van der Waals surface area contributed by atoms with E-state index < -0.39 is 23.9 Å². The summed E-state index contributed by atoms with van der Waals surface area (Å²) in [6, 6.07) is 10.4. The van der Waals surface area contributed by atoms with Crippen LogP contribution in [-0.4, -0.2) is 33.9 Å². The third-order valence-corrected chi connectivity index (χ3v) is 5.30. The number of benzene rings is 2. The highest BCUT2D eigenvalue weighted by Gasteiger charge is 2.33. The molecule has 1 N–H and O–H groups in total. The molecule has 0 spiro atoms. The maximum atomic E-state index is 14.5. The van der Waals surface area contributed by atoms with Crippen LogP contribution in [0, 0.1) is 5.82 Å². The second kappa shape index (κ2) is 7.25. The molecule has 0 fully saturated rings. The van der Waals surface area contributed by atoms with Crippen LogP contribution in [0.3, 0.4) is 0 Å². The predicted octanol–water partition coefficient (Wildman–Crippen LogP) is 4.43. The summed E-state index contributed by atoms with van der Waals surface area (Å²) in [7, 11) is 0. The van der Waals surface area contributed by atoms with Gasteiger partial charge in [0.1, 0.15) is 16.8 Å². The molecule has 0 aliphatic carbocycles. The lowest BCUT2D eigenvalue weighted by molar-refractivity contribution is -0.137. The summed E-state index contributed by atoms with van der Waals surface area (Å²) in [5.41, 5.74) is 2.03. The number of fused-ring (bicyclic) bond motifs is 1. The zero-order valence-electron chi connectivity index (χ0n) is 14.1. The molecule has 0 aromatic heterocycles. The molecule has 2 aromatic rings. The number of carboxylic acid groups (broad SMARTS) is 1. The lowest BCUT2D eigenvalue weighted by Gasteiger charge is -2.30. The minimum Gasteiger partial charge on any atom is -0.480 e. The smallest absolute Gasteiger partial charge is 0.326 e. The maximum Gasteiger partial charge on any atom is 0.326 e. The van der Waals surface area contributed by atoms with Gasteiger partial charge in [0.25, 0.3) is 0 Å². The molecule has 2 aromatic carbocycles. The molecule has 0 amide bonds. The molecule has 7 heteroatoms. The van der Waals surface area contributed by atoms with Gasteiger partial charge in [0.2, 0.25) is 0 Å². The highest BCUT2D eigenvalue weighted by Crippen LogP contribution is 2.33. The molecule has 2 atom stereocenters. The first kappa shape index (κ1) is 18.7. The number of benzodiazepines with no additional fused rings is 1. The van der Waals surface area contributed by atoms with Gasteiger partial charge in [0.15, 0.2) is 0 Å². The number of carbonyl (C=O) groups is 1. The van der Waals surface area contributed by atoms with Crippen LogP contribution in [0.4, 0.5) is 10.1 Å². The second-order valence-electron chi connectivity index (χ2n) is 6.02. The number of hydrogen-bond donors (Lipinski definition) is 1. The van der Waals surface area contributed by atoms with E-state index >= 15 is 0 Å². The van der Waals surface area contributed by atoms with Crippen LogP contribution >= 0.6 is 28.1 Å². The van der Waals surface area contributed by atoms with Crippen molar-refractivity contribution in [2.24, 2.45) is 4.99 Å². The predicted molar refractivity (Wildman–Crippen MR) is 108 cm³/mol. The fourth-order valence-electron chi connectivity index (χ4n) is 2.92. The monoisotopic (exact) mass is 434 g/mol. The van der Waals surface area contributed by atoms with Crippen LogP contribution in [0.1, 0.15) is 25.0 Å². The summed E-state index contributed by atoms with van der Waals surface area (Å²) in [6.07, 6.45) is 0. The summed E-state index contributed by atoms with van der Waals surface area (Å²) in [5, 5.41) is 9.53. The number of thiocarbonyl (C=S) groups is 1. The zero-order chi connectivity index (χ0) is 19.0. The molecule has 1 heterocycles. The van der Waals surface area contributed by atoms with Gasteiger partial charge in [-0.05, 0) is 44.2 Å². The van der Waals surface area contributed by atoms with E-state index in [1.165, 1.54) is 6.07 Å². The lowest BCUT2D eigenvalue weighted by atomic mass is 9.99. The van der Waals surface area contributed by atoms with Crippen LogP contribution in [0.2, 0.25) is 0 Å². The number of aliphatic imine (C=N–C) groups is 1. The molecular formula is C19H16BrFN2O2S. The Hall–Kier alpha value is -2.12. The van der Waals surface area contributed by atoms with E-state index in [4.69, 9.17) is 12.2 Å². The van der Waals surface area contributed by atoms with Gasteiger partial charge in [-0.1, -0.05) is 40.3 Å². The summed E-state index contributed by atoms with van der Waals surface area (Å²) >= 11 is 8.96. The van der Waals surface area contributed by atoms with Crippen LogP contribution in [-0.2, 0) is 4.79 Å². The first-order chi connectivity index (χ1) is 12.3. The van der Waals surface area contributed by atoms with Crippen molar-refractivity contribution in [1.82, 2.24) is 0 Å². The fourth-order valence-corrected chi connectivity index (χ4v) is 3.59. The third-order valence-electron chi connectivity index (χ3n) is 4.26. The van der Waals surface area contributed by atoms with Crippen molar-refractivity contribution in [2.45, 2.75) is 25.9 Å². The number of carboxylic acids is 1. The maximum absolute atomic E-state index is 14.5. The molecule has 1 aliphatic heterocycles. The van der Waals surface area contributed by atoms with Crippen LogP contribution in [0.25, 0.3) is 0 Å². The van der Waals surface area contributed by atoms with Crippen molar-refractivity contribution in [3.05, 3.63) is 63.9 Å². The SMILES string of the molecule is CC1N=C(c2ccccc2F)c2cc(Br)ccc2N(C(C)C(=O)O)C1=S. The van der Waals surface area contributed by atoms with Crippen molar-refractivity contribution in [3.8, 4) is 0 Å². The van der Waals surface area contributed by atoms with Gasteiger partial charge < -0.3 is 10.0 Å². The van der Waals surface area contributed by atoms with Gasteiger partial charge in [0, 0.05) is 15.6 Å². The normalized spacial score (nSPS) is 18.0. The van der Waals surface area contributed by atoms with Crippen LogP contribution < -0.4 is 4.90 Å². The van der Waals surface area contributed by atoms with Crippen molar-refractivity contribution in [2.75, 3.05) is 4.90 Å². The summed E-state index contributed by atoms with van der Waals surface area (Å²) in [4.78, 5) is 18.2. The van der Waals surface area contributed by atoms with E-state index in [2.05, 4.69) is 20.9 Å². The minimum atomic E-state index is -0.997. The van der Waals surface area contributed by atoms with Crippen molar-refractivity contribution >= 4 is 50.5 Å². The number of rotatable bonds is 3. The summed E-state index contributed by atoms with van der Waals surface area (Å²) in [5.74, 6) is -1.39. The fraction of sp³-hybridized carbons (Fsp3) is 0.211. The van der Waals surface area contributed by atoms with Gasteiger partial charge in [0.05, 0.1) is 17.4 Å². The van der Waals surface area contributed by atoms with E-state index in [-0.39, 0.29) is 0 Å². The molecule has 3 rings (SSSR count). The van der Waals surface area contributed by atoms with E-state index in [1.807, 2.05) is 6.07 Å². The van der Waals surface area contributed by atoms with Crippen molar-refractivity contribution in [1.29, 1.82) is 0 Å².